The minimum absolute atomic E-state index is 0.0951. The molecule has 0 aliphatic heterocycles. The number of esters is 3. The summed E-state index contributed by atoms with van der Waals surface area (Å²) in [7, 11) is 0. The maximum Gasteiger partial charge on any atom is 0.306 e. The summed E-state index contributed by atoms with van der Waals surface area (Å²) in [6.45, 7) is 6.37. The zero-order chi connectivity index (χ0) is 46.5. The zero-order valence-electron chi connectivity index (χ0n) is 41.8. The summed E-state index contributed by atoms with van der Waals surface area (Å²) in [5.41, 5.74) is 0. The number of unbranched alkanes of at least 4 members (excludes halogenated alkanes) is 22. The average Bonchev–Trinajstić information content (AvgIpc) is 3.29. The third-order valence-electron chi connectivity index (χ3n) is 11.1. The van der Waals surface area contributed by atoms with Crippen LogP contribution in [-0.4, -0.2) is 37.2 Å². The van der Waals surface area contributed by atoms with Crippen LogP contribution >= 0.6 is 0 Å². The summed E-state index contributed by atoms with van der Waals surface area (Å²) in [6, 6.07) is 0. The highest BCUT2D eigenvalue weighted by Crippen LogP contribution is 2.15. The summed E-state index contributed by atoms with van der Waals surface area (Å²) in [5.74, 6) is -0.945. The van der Waals surface area contributed by atoms with Crippen LogP contribution in [0.3, 0.4) is 0 Å². The fraction of sp³-hybridized carbons (Fsp3) is 0.707. The van der Waals surface area contributed by atoms with E-state index in [0.717, 1.165) is 116 Å². The van der Waals surface area contributed by atoms with E-state index in [0.29, 0.717) is 19.3 Å². The Hall–Kier alpha value is -3.41. The summed E-state index contributed by atoms with van der Waals surface area (Å²) in [5, 5.41) is 0. The molecule has 0 saturated heterocycles. The lowest BCUT2D eigenvalue weighted by atomic mass is 10.0. The number of rotatable bonds is 47. The van der Waals surface area contributed by atoms with Crippen LogP contribution in [-0.2, 0) is 28.6 Å². The topological polar surface area (TPSA) is 78.9 Å². The summed E-state index contributed by atoms with van der Waals surface area (Å²) >= 11 is 0. The van der Waals surface area contributed by atoms with Gasteiger partial charge in [0.25, 0.3) is 0 Å². The number of carbonyl (C=O) groups is 3. The van der Waals surface area contributed by atoms with E-state index < -0.39 is 6.10 Å². The molecule has 0 spiro atoms. The highest BCUT2D eigenvalue weighted by atomic mass is 16.6. The van der Waals surface area contributed by atoms with Gasteiger partial charge in [0.05, 0.1) is 0 Å². The molecule has 0 aliphatic rings. The molecule has 0 aromatic heterocycles. The van der Waals surface area contributed by atoms with Gasteiger partial charge in [-0.3, -0.25) is 14.4 Å². The average molecular weight is 891 g/mol. The van der Waals surface area contributed by atoms with Crippen molar-refractivity contribution in [3.8, 4) is 0 Å². The van der Waals surface area contributed by atoms with Crippen molar-refractivity contribution in [1.29, 1.82) is 0 Å². The summed E-state index contributed by atoms with van der Waals surface area (Å²) in [6.07, 6.45) is 67.1. The lowest BCUT2D eigenvalue weighted by Crippen LogP contribution is -2.30. The van der Waals surface area contributed by atoms with Gasteiger partial charge in [-0.15, -0.1) is 0 Å². The van der Waals surface area contributed by atoms with Gasteiger partial charge in [0, 0.05) is 19.3 Å². The van der Waals surface area contributed by atoms with Gasteiger partial charge in [-0.25, -0.2) is 0 Å². The molecule has 0 rings (SSSR count). The second-order valence-corrected chi connectivity index (χ2v) is 17.4. The van der Waals surface area contributed by atoms with Gasteiger partial charge in [-0.1, -0.05) is 221 Å². The van der Waals surface area contributed by atoms with Gasteiger partial charge in [0.1, 0.15) is 13.2 Å². The maximum atomic E-state index is 12.8. The predicted octanol–water partition coefficient (Wildman–Crippen LogP) is 17.6. The largest absolute Gasteiger partial charge is 0.462 e. The Labute approximate surface area is 395 Å². The van der Waals surface area contributed by atoms with E-state index >= 15 is 0 Å². The van der Waals surface area contributed by atoms with Gasteiger partial charge in [-0.05, 0) is 89.9 Å². The monoisotopic (exact) mass is 891 g/mol. The molecule has 0 amide bonds. The number of carbonyl (C=O) groups excluding carboxylic acids is 3. The van der Waals surface area contributed by atoms with Crippen LogP contribution in [0.15, 0.2) is 85.1 Å². The molecule has 64 heavy (non-hydrogen) atoms. The molecule has 6 nitrogen and oxygen atoms in total. The molecule has 0 bridgehead atoms. The molecule has 0 aliphatic carbocycles. The van der Waals surface area contributed by atoms with Crippen LogP contribution in [0.4, 0.5) is 0 Å². The molecule has 0 fully saturated rings. The minimum atomic E-state index is -0.796. The molecule has 0 saturated carbocycles. The Morgan fingerprint density at radius 2 is 0.609 bits per heavy atom. The van der Waals surface area contributed by atoms with Gasteiger partial charge in [0.2, 0.25) is 0 Å². The van der Waals surface area contributed by atoms with Crippen molar-refractivity contribution < 1.29 is 28.6 Å². The van der Waals surface area contributed by atoms with Crippen molar-refractivity contribution in [2.45, 2.75) is 252 Å². The molecule has 0 N–H and O–H groups in total. The molecule has 0 aromatic carbocycles. The van der Waals surface area contributed by atoms with Crippen LogP contribution in [0.2, 0.25) is 0 Å². The highest BCUT2D eigenvalue weighted by Gasteiger charge is 2.19. The standard InChI is InChI=1S/C58H98O6/c1-4-7-10-13-16-19-22-25-27-28-29-30-32-33-36-39-42-45-48-51-57(60)63-54-55(53-62-56(59)50-47-44-41-38-35-24-21-18-15-12-9-6-3)64-58(61)52-49-46-43-40-37-34-31-26-23-20-17-14-11-8-5-2/h7,9-10,12,16,18-19,21,25,27,29-30,35,38,55H,4-6,8,11,13-15,17,20,22-24,26,28,31-34,36-37,39-54H2,1-3H3/b10-7-,12-9-,19-16-,21-18-,27-25-,30-29-,38-35-. The Balaban J connectivity index is 4.41. The third kappa shape index (κ3) is 49.6. The van der Waals surface area contributed by atoms with E-state index in [2.05, 4.69) is 106 Å². The lowest BCUT2D eigenvalue weighted by molar-refractivity contribution is -0.167. The second kappa shape index (κ2) is 52.2. The van der Waals surface area contributed by atoms with E-state index in [-0.39, 0.29) is 31.1 Å². The molecular formula is C58H98O6. The highest BCUT2D eigenvalue weighted by molar-refractivity contribution is 5.71. The van der Waals surface area contributed by atoms with E-state index in [1.165, 1.54) is 89.9 Å². The predicted molar refractivity (Wildman–Crippen MR) is 274 cm³/mol. The first-order chi connectivity index (χ1) is 31.5. The quantitative estimate of drug-likeness (QED) is 0.0262. The number of hydrogen-bond donors (Lipinski definition) is 0. The first-order valence-corrected chi connectivity index (χ1v) is 26.6. The summed E-state index contributed by atoms with van der Waals surface area (Å²) in [4.78, 5) is 38.0. The van der Waals surface area contributed by atoms with Crippen molar-refractivity contribution >= 4 is 17.9 Å². The van der Waals surface area contributed by atoms with Gasteiger partial charge in [-0.2, -0.15) is 0 Å². The maximum absolute atomic E-state index is 12.8. The SMILES string of the molecule is CC/C=C\C/C=C\C/C=C\C/C=C\CCCCCCCCC(=O)OCC(COC(=O)CCCC/C=C\C/C=C\C/C=C\CC)OC(=O)CCCCCCCCCCCCCCCCC. The fourth-order valence-corrected chi connectivity index (χ4v) is 7.21. The molecule has 366 valence electrons. The van der Waals surface area contributed by atoms with Crippen molar-refractivity contribution in [2.24, 2.45) is 0 Å². The van der Waals surface area contributed by atoms with Crippen LogP contribution < -0.4 is 0 Å². The number of ether oxygens (including phenoxy) is 3. The third-order valence-corrected chi connectivity index (χ3v) is 11.1. The first-order valence-electron chi connectivity index (χ1n) is 26.6. The molecule has 6 heteroatoms. The van der Waals surface area contributed by atoms with Gasteiger partial charge < -0.3 is 14.2 Å². The van der Waals surface area contributed by atoms with E-state index in [9.17, 15) is 14.4 Å². The van der Waals surface area contributed by atoms with E-state index in [1.807, 2.05) is 0 Å². The molecule has 0 heterocycles. The van der Waals surface area contributed by atoms with Crippen LogP contribution in [0, 0.1) is 0 Å². The minimum Gasteiger partial charge on any atom is -0.462 e. The smallest absolute Gasteiger partial charge is 0.306 e. The van der Waals surface area contributed by atoms with Crippen molar-refractivity contribution in [3.63, 3.8) is 0 Å². The van der Waals surface area contributed by atoms with Crippen LogP contribution in [0.1, 0.15) is 245 Å². The van der Waals surface area contributed by atoms with E-state index in [4.69, 9.17) is 14.2 Å². The molecule has 0 radical (unpaired) electrons. The van der Waals surface area contributed by atoms with Gasteiger partial charge in [0.15, 0.2) is 6.10 Å². The van der Waals surface area contributed by atoms with Gasteiger partial charge >= 0.3 is 17.9 Å². The second-order valence-electron chi connectivity index (χ2n) is 17.4. The molecule has 1 unspecified atom stereocenters. The first kappa shape index (κ1) is 60.6. The molecule has 1 atom stereocenters. The summed E-state index contributed by atoms with van der Waals surface area (Å²) < 4.78 is 16.8. The van der Waals surface area contributed by atoms with Crippen LogP contribution in [0.5, 0.6) is 0 Å². The van der Waals surface area contributed by atoms with Crippen LogP contribution in [0.25, 0.3) is 0 Å². The van der Waals surface area contributed by atoms with Crippen molar-refractivity contribution in [1.82, 2.24) is 0 Å². The normalized spacial score (nSPS) is 12.7. The zero-order valence-corrected chi connectivity index (χ0v) is 41.8. The lowest BCUT2D eigenvalue weighted by Gasteiger charge is -2.18. The number of allylic oxidation sites excluding steroid dienone is 14. The fourth-order valence-electron chi connectivity index (χ4n) is 7.21. The molecular weight excluding hydrogens is 793 g/mol. The van der Waals surface area contributed by atoms with Crippen molar-refractivity contribution in [3.05, 3.63) is 85.1 Å². The Morgan fingerprint density at radius 3 is 0.984 bits per heavy atom. The Bertz CT molecular complexity index is 1250. The van der Waals surface area contributed by atoms with Crippen molar-refractivity contribution in [2.75, 3.05) is 13.2 Å². The molecule has 0 aromatic rings. The number of hydrogen-bond acceptors (Lipinski definition) is 6. The van der Waals surface area contributed by atoms with E-state index in [1.54, 1.807) is 0 Å². The Morgan fingerprint density at radius 1 is 0.328 bits per heavy atom. The Kier molecular flexibility index (Phi) is 49.4.